The lowest BCUT2D eigenvalue weighted by atomic mass is 9.70. The van der Waals surface area contributed by atoms with Gasteiger partial charge in [0.05, 0.1) is 37.2 Å². The van der Waals surface area contributed by atoms with Crippen molar-refractivity contribution in [2.45, 2.75) is 62.7 Å². The van der Waals surface area contributed by atoms with E-state index in [1.54, 1.807) is 24.8 Å². The fourth-order valence-corrected chi connectivity index (χ4v) is 7.39. The quantitative estimate of drug-likeness (QED) is 0.240. The van der Waals surface area contributed by atoms with Gasteiger partial charge in [-0.25, -0.2) is 0 Å². The maximum atomic E-state index is 14.5. The standard InChI is InChI=1S/C28H38BrN3O6/c1-6-14-31(19-12-10-18(11-13-19)30(7-2)8-3)26(35)24-28-15-20(29)23(38-28)21(27(36)37-9-4)22(28)25(34)32(24)17(5)16-33/h6,10-13,17,20-24,33H,1,7-9,14-16H2,2-5H3/t17-,20?,21-,22+,23-,24?,28?/m1/s1. The van der Waals surface area contributed by atoms with Crippen LogP contribution in [0.5, 0.6) is 0 Å². The second-order valence-corrected chi connectivity index (χ2v) is 11.3. The Morgan fingerprint density at radius 2 is 1.89 bits per heavy atom. The minimum Gasteiger partial charge on any atom is -0.466 e. The Hall–Kier alpha value is -2.43. The number of hydrogen-bond donors (Lipinski definition) is 1. The molecule has 208 valence electrons. The number of amides is 2. The molecule has 1 aromatic carbocycles. The number of anilines is 2. The van der Waals surface area contributed by atoms with Gasteiger partial charge in [-0.3, -0.25) is 14.4 Å². The van der Waals surface area contributed by atoms with Crippen molar-refractivity contribution in [1.29, 1.82) is 0 Å². The van der Waals surface area contributed by atoms with Gasteiger partial charge in [-0.05, 0) is 58.4 Å². The molecule has 3 fully saturated rings. The van der Waals surface area contributed by atoms with E-state index in [0.717, 1.165) is 18.8 Å². The van der Waals surface area contributed by atoms with Crippen molar-refractivity contribution < 1.29 is 29.0 Å². The van der Waals surface area contributed by atoms with E-state index in [2.05, 4.69) is 41.3 Å². The Labute approximate surface area is 232 Å². The average Bonchev–Trinajstić information content (AvgIpc) is 3.51. The summed E-state index contributed by atoms with van der Waals surface area (Å²) < 4.78 is 11.8. The molecule has 0 aliphatic carbocycles. The normalized spacial score (nSPS) is 30.2. The van der Waals surface area contributed by atoms with Gasteiger partial charge in [-0.1, -0.05) is 22.0 Å². The number of alkyl halides is 1. The lowest BCUT2D eigenvalue weighted by molar-refractivity contribution is -0.155. The lowest BCUT2D eigenvalue weighted by Gasteiger charge is -2.38. The molecule has 3 aliphatic heterocycles. The number of ether oxygens (including phenoxy) is 2. The Balaban J connectivity index is 1.77. The molecule has 1 spiro atoms. The van der Waals surface area contributed by atoms with Gasteiger partial charge < -0.3 is 29.3 Å². The van der Waals surface area contributed by atoms with E-state index >= 15 is 0 Å². The molecular weight excluding hydrogens is 554 g/mol. The van der Waals surface area contributed by atoms with Crippen LogP contribution in [0.4, 0.5) is 11.4 Å². The van der Waals surface area contributed by atoms with Crippen LogP contribution in [0.15, 0.2) is 36.9 Å². The molecule has 3 saturated heterocycles. The molecule has 4 rings (SSSR count). The molecule has 3 unspecified atom stereocenters. The Morgan fingerprint density at radius 1 is 1.26 bits per heavy atom. The maximum Gasteiger partial charge on any atom is 0.312 e. The van der Waals surface area contributed by atoms with Crippen molar-refractivity contribution >= 4 is 45.1 Å². The summed E-state index contributed by atoms with van der Waals surface area (Å²) in [6.45, 7) is 13.2. The second-order valence-electron chi connectivity index (χ2n) is 10.1. The number of hydrogen-bond acceptors (Lipinski definition) is 7. The molecule has 1 aromatic rings. The third-order valence-electron chi connectivity index (χ3n) is 8.13. The molecule has 0 radical (unpaired) electrons. The molecule has 10 heteroatoms. The monoisotopic (exact) mass is 591 g/mol. The van der Waals surface area contributed by atoms with Crippen LogP contribution in [0.1, 0.15) is 34.1 Å². The Morgan fingerprint density at radius 3 is 2.45 bits per heavy atom. The molecule has 3 heterocycles. The van der Waals surface area contributed by atoms with E-state index < -0.39 is 41.6 Å². The average molecular weight is 593 g/mol. The predicted octanol–water partition coefficient (Wildman–Crippen LogP) is 2.74. The van der Waals surface area contributed by atoms with Crippen molar-refractivity contribution in [2.24, 2.45) is 11.8 Å². The van der Waals surface area contributed by atoms with Gasteiger partial charge in [0.15, 0.2) is 0 Å². The van der Waals surface area contributed by atoms with Crippen molar-refractivity contribution in [3.63, 3.8) is 0 Å². The van der Waals surface area contributed by atoms with Gasteiger partial charge in [0, 0.05) is 35.8 Å². The predicted molar refractivity (Wildman–Crippen MR) is 148 cm³/mol. The molecule has 0 aromatic heterocycles. The number of carbonyl (C=O) groups is 3. The van der Waals surface area contributed by atoms with E-state index in [1.165, 1.54) is 4.90 Å². The minimum absolute atomic E-state index is 0.179. The van der Waals surface area contributed by atoms with E-state index in [-0.39, 0.29) is 36.4 Å². The number of nitrogens with zero attached hydrogens (tertiary/aromatic N) is 3. The first-order valence-corrected chi connectivity index (χ1v) is 14.3. The molecule has 9 nitrogen and oxygen atoms in total. The Kier molecular flexibility index (Phi) is 8.54. The van der Waals surface area contributed by atoms with E-state index in [4.69, 9.17) is 9.47 Å². The smallest absolute Gasteiger partial charge is 0.312 e. The highest BCUT2D eigenvalue weighted by atomic mass is 79.9. The summed E-state index contributed by atoms with van der Waals surface area (Å²) in [6, 6.07) is 6.07. The number of carbonyl (C=O) groups excluding carboxylic acids is 3. The van der Waals surface area contributed by atoms with Crippen LogP contribution in [-0.2, 0) is 23.9 Å². The molecular formula is C28H38BrN3O6. The molecule has 2 amide bonds. The number of aliphatic hydroxyl groups is 1. The summed E-state index contributed by atoms with van der Waals surface area (Å²) in [7, 11) is 0. The summed E-state index contributed by atoms with van der Waals surface area (Å²) in [5, 5.41) is 10.1. The SMILES string of the molecule is C=CCN(C(=O)C1N([C@H](C)CO)C(=O)[C@@H]2[C@@H](C(=O)OCC)[C@@H]3OC12CC3Br)c1ccc(N(CC)CC)cc1. The highest BCUT2D eigenvalue weighted by molar-refractivity contribution is 9.09. The first-order chi connectivity index (χ1) is 18.2. The zero-order chi connectivity index (χ0) is 27.8. The fraction of sp³-hybridized carbons (Fsp3) is 0.607. The number of rotatable bonds is 11. The summed E-state index contributed by atoms with van der Waals surface area (Å²) in [5.41, 5.74) is 0.501. The Bertz CT molecular complexity index is 1060. The summed E-state index contributed by atoms with van der Waals surface area (Å²) in [5.74, 6) is -2.88. The first-order valence-electron chi connectivity index (χ1n) is 13.4. The zero-order valence-corrected chi connectivity index (χ0v) is 24.1. The number of likely N-dealkylation sites (tertiary alicyclic amines) is 1. The van der Waals surface area contributed by atoms with Crippen LogP contribution in [0.3, 0.4) is 0 Å². The van der Waals surface area contributed by atoms with Crippen LogP contribution in [0, 0.1) is 11.8 Å². The summed E-state index contributed by atoms with van der Waals surface area (Å²) in [6.07, 6.45) is 1.45. The fourth-order valence-electron chi connectivity index (χ4n) is 6.45. The van der Waals surface area contributed by atoms with Crippen LogP contribution in [0.2, 0.25) is 0 Å². The second kappa shape index (κ2) is 11.4. The van der Waals surface area contributed by atoms with E-state index in [0.29, 0.717) is 12.1 Å². The van der Waals surface area contributed by atoms with Gasteiger partial charge in [0.1, 0.15) is 11.6 Å². The molecule has 1 N–H and O–H groups in total. The number of aliphatic hydroxyl groups excluding tert-OH is 1. The van der Waals surface area contributed by atoms with Crippen LogP contribution in [-0.4, -0.2) is 89.3 Å². The number of benzene rings is 1. The summed E-state index contributed by atoms with van der Waals surface area (Å²) >= 11 is 3.65. The van der Waals surface area contributed by atoms with Crippen LogP contribution < -0.4 is 9.80 Å². The van der Waals surface area contributed by atoms with Crippen molar-refractivity contribution in [2.75, 3.05) is 42.6 Å². The van der Waals surface area contributed by atoms with Gasteiger partial charge in [0.25, 0.3) is 5.91 Å². The van der Waals surface area contributed by atoms with Gasteiger partial charge in [-0.15, -0.1) is 6.58 Å². The number of halogens is 1. The molecule has 2 bridgehead atoms. The minimum atomic E-state index is -1.21. The van der Waals surface area contributed by atoms with Crippen molar-refractivity contribution in [3.05, 3.63) is 36.9 Å². The van der Waals surface area contributed by atoms with Crippen molar-refractivity contribution in [1.82, 2.24) is 4.90 Å². The zero-order valence-electron chi connectivity index (χ0n) is 22.5. The first kappa shape index (κ1) is 28.6. The van der Waals surface area contributed by atoms with Gasteiger partial charge >= 0.3 is 5.97 Å². The number of fused-ring (bicyclic) bond motifs is 1. The third kappa shape index (κ3) is 4.44. The third-order valence-corrected chi connectivity index (χ3v) is 8.97. The number of esters is 1. The van der Waals surface area contributed by atoms with E-state index in [1.807, 2.05) is 24.3 Å². The van der Waals surface area contributed by atoms with Gasteiger partial charge in [-0.2, -0.15) is 0 Å². The highest BCUT2D eigenvalue weighted by Crippen LogP contribution is 2.60. The van der Waals surface area contributed by atoms with Crippen molar-refractivity contribution in [3.8, 4) is 0 Å². The lowest BCUT2D eigenvalue weighted by Crippen LogP contribution is -2.58. The van der Waals surface area contributed by atoms with E-state index in [9.17, 15) is 19.5 Å². The topological polar surface area (TPSA) is 99.6 Å². The largest absolute Gasteiger partial charge is 0.466 e. The molecule has 0 saturated carbocycles. The highest BCUT2D eigenvalue weighted by Gasteiger charge is 2.77. The molecule has 3 aliphatic rings. The van der Waals surface area contributed by atoms with Crippen LogP contribution >= 0.6 is 15.9 Å². The van der Waals surface area contributed by atoms with Gasteiger partial charge in [0.2, 0.25) is 5.91 Å². The summed E-state index contributed by atoms with van der Waals surface area (Å²) in [4.78, 5) is 46.4. The molecule has 38 heavy (non-hydrogen) atoms. The molecule has 7 atom stereocenters. The van der Waals surface area contributed by atoms with Crippen LogP contribution in [0.25, 0.3) is 0 Å². The maximum absolute atomic E-state index is 14.5.